The number of aldehydes is 1. The molecule has 0 aliphatic heterocycles. The molecule has 0 atom stereocenters. The smallest absolute Gasteiger partial charge is 0.150 e. The minimum Gasteiger partial charge on any atom is -0.373 e. The summed E-state index contributed by atoms with van der Waals surface area (Å²) in [4.78, 5) is 14.3. The first kappa shape index (κ1) is 13.3. The highest BCUT2D eigenvalue weighted by atomic mass is 79.9. The summed E-state index contributed by atoms with van der Waals surface area (Å²) in [5.74, 6) is 0. The predicted octanol–water partition coefficient (Wildman–Crippen LogP) is 4.00. The van der Waals surface area contributed by atoms with E-state index >= 15 is 0 Å². The first-order valence-corrected chi connectivity index (χ1v) is 7.36. The number of rotatable bonds is 5. The van der Waals surface area contributed by atoms with E-state index in [1.54, 1.807) is 11.3 Å². The maximum absolute atomic E-state index is 10.7. The Morgan fingerprint density at radius 1 is 1.39 bits per heavy atom. The van der Waals surface area contributed by atoms with Gasteiger partial charge in [0.05, 0.1) is 5.69 Å². The Bertz CT molecular complexity index is 525. The van der Waals surface area contributed by atoms with E-state index in [2.05, 4.69) is 45.4 Å². The number of anilines is 1. The first-order chi connectivity index (χ1) is 8.70. The second-order valence-electron chi connectivity index (χ2n) is 4.08. The summed E-state index contributed by atoms with van der Waals surface area (Å²) < 4.78 is 0.959. The molecule has 0 fully saturated rings. The molecule has 0 N–H and O–H groups in total. The van der Waals surface area contributed by atoms with Gasteiger partial charge in [-0.15, -0.1) is 11.3 Å². The van der Waals surface area contributed by atoms with E-state index in [0.717, 1.165) is 29.4 Å². The summed E-state index contributed by atoms with van der Waals surface area (Å²) >= 11 is 5.29. The van der Waals surface area contributed by atoms with E-state index in [1.165, 1.54) is 4.88 Å². The van der Waals surface area contributed by atoms with Gasteiger partial charge >= 0.3 is 0 Å². The van der Waals surface area contributed by atoms with Gasteiger partial charge in [-0.1, -0.05) is 6.07 Å². The van der Waals surface area contributed by atoms with Gasteiger partial charge in [-0.05, 0) is 52.0 Å². The Hall–Kier alpha value is -1.13. The average Bonchev–Trinajstić information content (AvgIpc) is 2.88. The quantitative estimate of drug-likeness (QED) is 0.775. The van der Waals surface area contributed by atoms with Crippen LogP contribution in [0.2, 0.25) is 0 Å². The molecule has 0 bridgehead atoms. The molecule has 94 valence electrons. The zero-order valence-corrected chi connectivity index (χ0v) is 12.5. The maximum Gasteiger partial charge on any atom is 0.150 e. The molecule has 2 nitrogen and oxygen atoms in total. The van der Waals surface area contributed by atoms with Gasteiger partial charge in [0.1, 0.15) is 6.29 Å². The Labute approximate surface area is 119 Å². The molecule has 0 amide bonds. The van der Waals surface area contributed by atoms with Gasteiger partial charge in [0, 0.05) is 28.5 Å². The Morgan fingerprint density at radius 2 is 2.22 bits per heavy atom. The molecule has 0 aliphatic rings. The van der Waals surface area contributed by atoms with Crippen molar-refractivity contribution in [3.8, 4) is 0 Å². The Balaban J connectivity index is 2.04. The van der Waals surface area contributed by atoms with Gasteiger partial charge in [0.2, 0.25) is 0 Å². The molecule has 0 saturated heterocycles. The monoisotopic (exact) mass is 323 g/mol. The van der Waals surface area contributed by atoms with Crippen LogP contribution in [0.5, 0.6) is 0 Å². The highest BCUT2D eigenvalue weighted by Crippen LogP contribution is 2.26. The van der Waals surface area contributed by atoms with E-state index in [0.29, 0.717) is 5.56 Å². The molecular formula is C14H14BrNOS. The zero-order chi connectivity index (χ0) is 13.0. The van der Waals surface area contributed by atoms with Crippen LogP contribution in [0.3, 0.4) is 0 Å². The lowest BCUT2D eigenvalue weighted by Gasteiger charge is -2.20. The molecule has 1 aromatic heterocycles. The minimum atomic E-state index is 0.692. The molecule has 0 aliphatic carbocycles. The van der Waals surface area contributed by atoms with Crippen LogP contribution < -0.4 is 4.90 Å². The Kier molecular flexibility index (Phi) is 4.55. The van der Waals surface area contributed by atoms with Gasteiger partial charge in [0.15, 0.2) is 0 Å². The van der Waals surface area contributed by atoms with Crippen LogP contribution in [0.4, 0.5) is 5.69 Å². The molecule has 2 aromatic rings. The SMILES string of the molecule is CN(CCc1cccs1)c1ccc(C=O)cc1Br. The van der Waals surface area contributed by atoms with Crippen LogP contribution in [-0.4, -0.2) is 19.9 Å². The standard InChI is InChI=1S/C14H14BrNOS/c1-16(7-6-12-3-2-8-18-12)14-5-4-11(10-17)9-13(14)15/h2-5,8-10H,6-7H2,1H3. The number of thiophene rings is 1. The van der Waals surface area contributed by atoms with Crippen molar-refractivity contribution in [1.82, 2.24) is 0 Å². The van der Waals surface area contributed by atoms with Gasteiger partial charge in [-0.3, -0.25) is 4.79 Å². The number of likely N-dealkylation sites (N-methyl/N-ethyl adjacent to an activating group) is 1. The Morgan fingerprint density at radius 3 is 2.83 bits per heavy atom. The number of benzene rings is 1. The zero-order valence-electron chi connectivity index (χ0n) is 10.1. The first-order valence-electron chi connectivity index (χ1n) is 5.69. The molecule has 0 radical (unpaired) electrons. The van der Waals surface area contributed by atoms with Crippen LogP contribution in [0.25, 0.3) is 0 Å². The third kappa shape index (κ3) is 3.21. The lowest BCUT2D eigenvalue weighted by Crippen LogP contribution is -2.20. The van der Waals surface area contributed by atoms with Crippen molar-refractivity contribution in [3.05, 3.63) is 50.6 Å². The number of halogens is 1. The lowest BCUT2D eigenvalue weighted by molar-refractivity contribution is 0.112. The van der Waals surface area contributed by atoms with Crippen molar-refractivity contribution in [2.75, 3.05) is 18.5 Å². The topological polar surface area (TPSA) is 20.3 Å². The molecule has 1 heterocycles. The number of hydrogen-bond acceptors (Lipinski definition) is 3. The van der Waals surface area contributed by atoms with Crippen molar-refractivity contribution < 1.29 is 4.79 Å². The summed E-state index contributed by atoms with van der Waals surface area (Å²) in [6, 6.07) is 9.90. The predicted molar refractivity (Wildman–Crippen MR) is 80.8 cm³/mol. The van der Waals surface area contributed by atoms with Crippen LogP contribution >= 0.6 is 27.3 Å². The molecular weight excluding hydrogens is 310 g/mol. The average molecular weight is 324 g/mol. The largest absolute Gasteiger partial charge is 0.373 e. The fraction of sp³-hybridized carbons (Fsp3) is 0.214. The number of nitrogens with zero attached hydrogens (tertiary/aromatic N) is 1. The van der Waals surface area contributed by atoms with Crippen molar-refractivity contribution in [2.24, 2.45) is 0 Å². The van der Waals surface area contributed by atoms with Crippen LogP contribution in [0, 0.1) is 0 Å². The van der Waals surface area contributed by atoms with E-state index in [4.69, 9.17) is 0 Å². The summed E-state index contributed by atoms with van der Waals surface area (Å²) in [7, 11) is 2.06. The molecule has 0 saturated carbocycles. The molecule has 2 rings (SSSR count). The fourth-order valence-electron chi connectivity index (χ4n) is 1.76. The third-order valence-corrected chi connectivity index (χ3v) is 4.36. The van der Waals surface area contributed by atoms with E-state index in [9.17, 15) is 4.79 Å². The van der Waals surface area contributed by atoms with Crippen LogP contribution in [0.15, 0.2) is 40.2 Å². The highest BCUT2D eigenvalue weighted by molar-refractivity contribution is 9.10. The van der Waals surface area contributed by atoms with Gasteiger partial charge in [0.25, 0.3) is 0 Å². The maximum atomic E-state index is 10.7. The summed E-state index contributed by atoms with van der Waals surface area (Å²) in [6.07, 6.45) is 1.90. The summed E-state index contributed by atoms with van der Waals surface area (Å²) in [5, 5.41) is 2.10. The normalized spacial score (nSPS) is 10.3. The van der Waals surface area contributed by atoms with Crippen molar-refractivity contribution in [3.63, 3.8) is 0 Å². The van der Waals surface area contributed by atoms with Gasteiger partial charge in [-0.25, -0.2) is 0 Å². The number of hydrogen-bond donors (Lipinski definition) is 0. The molecule has 1 aromatic carbocycles. The molecule has 18 heavy (non-hydrogen) atoms. The van der Waals surface area contributed by atoms with Crippen LogP contribution in [-0.2, 0) is 6.42 Å². The van der Waals surface area contributed by atoms with Gasteiger partial charge < -0.3 is 4.90 Å². The molecule has 4 heteroatoms. The van der Waals surface area contributed by atoms with Crippen molar-refractivity contribution in [1.29, 1.82) is 0 Å². The molecule has 0 unspecified atom stereocenters. The van der Waals surface area contributed by atoms with Crippen molar-refractivity contribution in [2.45, 2.75) is 6.42 Å². The number of carbonyl (C=O) groups is 1. The minimum absolute atomic E-state index is 0.692. The summed E-state index contributed by atoms with van der Waals surface area (Å²) in [5.41, 5.74) is 1.80. The lowest BCUT2D eigenvalue weighted by atomic mass is 10.2. The van der Waals surface area contributed by atoms with E-state index < -0.39 is 0 Å². The van der Waals surface area contributed by atoms with Gasteiger partial charge in [-0.2, -0.15) is 0 Å². The summed E-state index contributed by atoms with van der Waals surface area (Å²) in [6.45, 7) is 0.958. The number of carbonyl (C=O) groups excluding carboxylic acids is 1. The fourth-order valence-corrected chi connectivity index (χ4v) is 3.16. The second kappa shape index (κ2) is 6.16. The van der Waals surface area contributed by atoms with Crippen molar-refractivity contribution >= 4 is 39.2 Å². The van der Waals surface area contributed by atoms with E-state index in [1.807, 2.05) is 18.2 Å². The van der Waals surface area contributed by atoms with E-state index in [-0.39, 0.29) is 0 Å². The second-order valence-corrected chi connectivity index (χ2v) is 5.97. The molecule has 0 spiro atoms. The highest BCUT2D eigenvalue weighted by Gasteiger charge is 2.07. The van der Waals surface area contributed by atoms with Crippen LogP contribution in [0.1, 0.15) is 15.2 Å². The third-order valence-electron chi connectivity index (χ3n) is 2.79.